The Balaban J connectivity index is 3.67. The first-order valence-electron chi connectivity index (χ1n) is 6.88. The smallest absolute Gasteiger partial charge is 0.307 e. The summed E-state index contributed by atoms with van der Waals surface area (Å²) in [6, 6.07) is 0. The molecule has 0 radical (unpaired) electrons. The van der Waals surface area contributed by atoms with Gasteiger partial charge < -0.3 is 4.74 Å². The van der Waals surface area contributed by atoms with Crippen LogP contribution in [0.2, 0.25) is 0 Å². The molecule has 0 aliphatic heterocycles. The first kappa shape index (κ1) is 16.9. The van der Waals surface area contributed by atoms with Gasteiger partial charge in [0.1, 0.15) is 0 Å². The van der Waals surface area contributed by atoms with Gasteiger partial charge >= 0.3 is 5.97 Å². The Morgan fingerprint density at radius 3 is 2.39 bits per heavy atom. The fourth-order valence-electron chi connectivity index (χ4n) is 1.77. The molecule has 1 atom stereocenters. The van der Waals surface area contributed by atoms with Crippen LogP contribution in [0.25, 0.3) is 0 Å². The largest absolute Gasteiger partial charge is 0.435 e. The number of hydrogen-bond donors (Lipinski definition) is 0. The van der Waals surface area contributed by atoms with Gasteiger partial charge in [-0.3, -0.25) is 4.79 Å². The molecule has 1 unspecified atom stereocenters. The fourth-order valence-corrected chi connectivity index (χ4v) is 1.77. The minimum atomic E-state index is -0.246. The maximum Gasteiger partial charge on any atom is 0.307 e. The Morgan fingerprint density at radius 1 is 1.17 bits per heavy atom. The molecule has 104 valence electrons. The van der Waals surface area contributed by atoms with Crippen molar-refractivity contribution < 1.29 is 9.53 Å². The molecule has 0 spiro atoms. The van der Waals surface area contributed by atoms with Crippen molar-refractivity contribution in [1.82, 2.24) is 0 Å². The van der Waals surface area contributed by atoms with E-state index < -0.39 is 0 Å². The maximum atomic E-state index is 10.6. The van der Waals surface area contributed by atoms with E-state index in [2.05, 4.69) is 26.8 Å². The lowest BCUT2D eigenvalue weighted by atomic mass is 9.97. The van der Waals surface area contributed by atoms with Crippen molar-refractivity contribution in [2.75, 3.05) is 0 Å². The molecule has 0 aliphatic carbocycles. The van der Waals surface area contributed by atoms with Crippen molar-refractivity contribution in [1.29, 1.82) is 0 Å². The molecule has 2 heteroatoms. The Kier molecular flexibility index (Phi) is 9.35. The predicted molar refractivity (Wildman–Crippen MR) is 77.2 cm³/mol. The lowest BCUT2D eigenvalue weighted by Crippen LogP contribution is -1.95. The van der Waals surface area contributed by atoms with E-state index in [9.17, 15) is 4.79 Å². The standard InChI is InChI=1S/C16H28O2/c1-13(2)8-6-9-14(3)10-7-11-15(4)12-18-16(5)17/h8,12,14H,6-7,9-11H2,1-5H3. The van der Waals surface area contributed by atoms with Gasteiger partial charge in [0.2, 0.25) is 0 Å². The van der Waals surface area contributed by atoms with Gasteiger partial charge in [-0.15, -0.1) is 0 Å². The third-order valence-corrected chi connectivity index (χ3v) is 2.91. The minimum Gasteiger partial charge on any atom is -0.435 e. The third-order valence-electron chi connectivity index (χ3n) is 2.91. The molecule has 0 rings (SSSR count). The molecular formula is C16H28O2. The van der Waals surface area contributed by atoms with Crippen LogP contribution in [-0.4, -0.2) is 5.97 Å². The molecule has 0 aromatic carbocycles. The normalized spacial score (nSPS) is 13.1. The second-order valence-electron chi connectivity index (χ2n) is 5.43. The van der Waals surface area contributed by atoms with Gasteiger partial charge in [0.25, 0.3) is 0 Å². The van der Waals surface area contributed by atoms with Gasteiger partial charge in [0, 0.05) is 6.92 Å². The second-order valence-corrected chi connectivity index (χ2v) is 5.43. The summed E-state index contributed by atoms with van der Waals surface area (Å²) in [5, 5.41) is 0. The van der Waals surface area contributed by atoms with E-state index in [0.717, 1.165) is 17.9 Å². The third kappa shape index (κ3) is 11.4. The van der Waals surface area contributed by atoms with Crippen LogP contribution < -0.4 is 0 Å². The summed E-state index contributed by atoms with van der Waals surface area (Å²) in [4.78, 5) is 10.6. The molecule has 18 heavy (non-hydrogen) atoms. The number of rotatable bonds is 8. The van der Waals surface area contributed by atoms with Crippen LogP contribution in [0, 0.1) is 5.92 Å². The summed E-state index contributed by atoms with van der Waals surface area (Å²) >= 11 is 0. The van der Waals surface area contributed by atoms with Crippen molar-refractivity contribution in [3.63, 3.8) is 0 Å². The van der Waals surface area contributed by atoms with Crippen LogP contribution in [0.1, 0.15) is 66.7 Å². The molecule has 0 fully saturated rings. The quantitative estimate of drug-likeness (QED) is 0.345. The summed E-state index contributed by atoms with van der Waals surface area (Å²) in [7, 11) is 0. The van der Waals surface area contributed by atoms with Crippen LogP contribution in [0.3, 0.4) is 0 Å². The molecule has 0 saturated carbocycles. The van der Waals surface area contributed by atoms with Crippen molar-refractivity contribution in [2.45, 2.75) is 66.7 Å². The Morgan fingerprint density at radius 2 is 1.83 bits per heavy atom. The highest BCUT2D eigenvalue weighted by Gasteiger charge is 2.01. The summed E-state index contributed by atoms with van der Waals surface area (Å²) < 4.78 is 4.84. The topological polar surface area (TPSA) is 26.3 Å². The van der Waals surface area contributed by atoms with Crippen LogP contribution in [-0.2, 0) is 9.53 Å². The molecular weight excluding hydrogens is 224 g/mol. The zero-order valence-electron chi connectivity index (χ0n) is 12.6. The molecule has 0 aromatic heterocycles. The van der Waals surface area contributed by atoms with Crippen molar-refractivity contribution in [3.8, 4) is 0 Å². The molecule has 0 bridgehead atoms. The molecule has 0 aliphatic rings. The number of hydrogen-bond acceptors (Lipinski definition) is 2. The Bertz CT molecular complexity index is 296. The van der Waals surface area contributed by atoms with Crippen LogP contribution in [0.4, 0.5) is 0 Å². The van der Waals surface area contributed by atoms with Crippen LogP contribution in [0.5, 0.6) is 0 Å². The average molecular weight is 252 g/mol. The zero-order valence-corrected chi connectivity index (χ0v) is 12.6. The van der Waals surface area contributed by atoms with E-state index in [1.165, 1.54) is 38.2 Å². The highest BCUT2D eigenvalue weighted by molar-refractivity contribution is 5.66. The zero-order chi connectivity index (χ0) is 14.0. The molecule has 0 saturated heterocycles. The van der Waals surface area contributed by atoms with E-state index in [-0.39, 0.29) is 5.97 Å². The average Bonchev–Trinajstić information content (AvgIpc) is 2.25. The Labute approximate surface area is 112 Å². The monoisotopic (exact) mass is 252 g/mol. The maximum absolute atomic E-state index is 10.6. The highest BCUT2D eigenvalue weighted by Crippen LogP contribution is 2.17. The second kappa shape index (κ2) is 9.93. The minimum absolute atomic E-state index is 0.246. The molecule has 2 nitrogen and oxygen atoms in total. The lowest BCUT2D eigenvalue weighted by Gasteiger charge is -2.10. The summed E-state index contributed by atoms with van der Waals surface area (Å²) in [6.45, 7) is 10.0. The lowest BCUT2D eigenvalue weighted by molar-refractivity contribution is -0.135. The fraction of sp³-hybridized carbons (Fsp3) is 0.688. The molecule has 0 amide bonds. The summed E-state index contributed by atoms with van der Waals surface area (Å²) in [5.74, 6) is 0.520. The van der Waals surface area contributed by atoms with Gasteiger partial charge in [-0.1, -0.05) is 25.0 Å². The van der Waals surface area contributed by atoms with Gasteiger partial charge in [-0.05, 0) is 57.9 Å². The van der Waals surface area contributed by atoms with E-state index in [1.807, 2.05) is 6.92 Å². The number of esters is 1. The number of ether oxygens (including phenoxy) is 1. The van der Waals surface area contributed by atoms with Gasteiger partial charge in [-0.2, -0.15) is 0 Å². The van der Waals surface area contributed by atoms with E-state index in [0.29, 0.717) is 0 Å². The van der Waals surface area contributed by atoms with Crippen molar-refractivity contribution in [3.05, 3.63) is 23.5 Å². The summed E-state index contributed by atoms with van der Waals surface area (Å²) in [5.41, 5.74) is 2.55. The van der Waals surface area contributed by atoms with Crippen molar-refractivity contribution >= 4 is 5.97 Å². The molecule has 0 N–H and O–H groups in total. The highest BCUT2D eigenvalue weighted by atomic mass is 16.5. The van der Waals surface area contributed by atoms with Crippen LogP contribution >= 0.6 is 0 Å². The van der Waals surface area contributed by atoms with E-state index in [4.69, 9.17) is 4.74 Å². The molecule has 0 aromatic rings. The number of allylic oxidation sites excluding steroid dienone is 3. The van der Waals surface area contributed by atoms with E-state index >= 15 is 0 Å². The van der Waals surface area contributed by atoms with Crippen LogP contribution in [0.15, 0.2) is 23.5 Å². The number of carbonyl (C=O) groups excluding carboxylic acids is 1. The number of carbonyl (C=O) groups is 1. The van der Waals surface area contributed by atoms with E-state index in [1.54, 1.807) is 6.26 Å². The van der Waals surface area contributed by atoms with Gasteiger partial charge in [0.15, 0.2) is 0 Å². The summed E-state index contributed by atoms with van der Waals surface area (Å²) in [6.07, 6.45) is 9.75. The first-order chi connectivity index (χ1) is 8.41. The Hall–Kier alpha value is -1.05. The SMILES string of the molecule is CC(=O)OC=C(C)CCCC(C)CCC=C(C)C. The van der Waals surface area contributed by atoms with Gasteiger partial charge in [-0.25, -0.2) is 0 Å². The molecule has 0 heterocycles. The predicted octanol–water partition coefficient (Wildman–Crippen LogP) is 5.01. The van der Waals surface area contributed by atoms with Crippen molar-refractivity contribution in [2.24, 2.45) is 5.92 Å². The van der Waals surface area contributed by atoms with Gasteiger partial charge in [0.05, 0.1) is 6.26 Å². The first-order valence-corrected chi connectivity index (χ1v) is 6.88.